The van der Waals surface area contributed by atoms with Crippen molar-refractivity contribution in [3.63, 3.8) is 0 Å². The lowest BCUT2D eigenvalue weighted by Gasteiger charge is -2.16. The van der Waals surface area contributed by atoms with E-state index in [-0.39, 0.29) is 11.9 Å². The summed E-state index contributed by atoms with van der Waals surface area (Å²) in [7, 11) is 0. The fourth-order valence-corrected chi connectivity index (χ4v) is 3.02. The molecule has 1 amide bonds. The van der Waals surface area contributed by atoms with Gasteiger partial charge in [0.05, 0.1) is 0 Å². The number of amides is 1. The SMILES string of the molecule is CC(CCc1ccccc1)NC(=O)C(=Cc1ccccc1)c1ccccc1. The number of hydrogen-bond acceptors (Lipinski definition) is 1. The van der Waals surface area contributed by atoms with E-state index >= 15 is 0 Å². The predicted molar refractivity (Wildman–Crippen MR) is 113 cm³/mol. The van der Waals surface area contributed by atoms with Crippen molar-refractivity contribution in [1.82, 2.24) is 5.32 Å². The van der Waals surface area contributed by atoms with Gasteiger partial charge < -0.3 is 5.32 Å². The second kappa shape index (κ2) is 9.54. The van der Waals surface area contributed by atoms with Crippen LogP contribution >= 0.6 is 0 Å². The van der Waals surface area contributed by atoms with Crippen LogP contribution in [0.4, 0.5) is 0 Å². The summed E-state index contributed by atoms with van der Waals surface area (Å²) in [5.74, 6) is -0.0365. The molecule has 0 radical (unpaired) electrons. The number of benzene rings is 3. The quantitative estimate of drug-likeness (QED) is 0.448. The molecule has 2 nitrogen and oxygen atoms in total. The van der Waals surface area contributed by atoms with Crippen molar-refractivity contribution in [2.75, 3.05) is 0 Å². The third kappa shape index (κ3) is 5.68. The Labute approximate surface area is 161 Å². The average molecular weight is 355 g/mol. The molecule has 3 aromatic rings. The number of carbonyl (C=O) groups excluding carboxylic acids is 1. The zero-order valence-electron chi connectivity index (χ0n) is 15.6. The minimum atomic E-state index is -0.0365. The van der Waals surface area contributed by atoms with Gasteiger partial charge in [-0.1, -0.05) is 91.0 Å². The fourth-order valence-electron chi connectivity index (χ4n) is 3.02. The Kier molecular flexibility index (Phi) is 6.59. The first kappa shape index (κ1) is 18.7. The van der Waals surface area contributed by atoms with Gasteiger partial charge in [0, 0.05) is 11.6 Å². The van der Waals surface area contributed by atoms with Gasteiger partial charge in [0.15, 0.2) is 0 Å². The lowest BCUT2D eigenvalue weighted by Crippen LogP contribution is -2.33. The fraction of sp³-hybridized carbons (Fsp3) is 0.160. The van der Waals surface area contributed by atoms with Crippen LogP contribution in [0.3, 0.4) is 0 Å². The maximum Gasteiger partial charge on any atom is 0.252 e. The molecule has 0 aliphatic rings. The van der Waals surface area contributed by atoms with Gasteiger partial charge in [-0.25, -0.2) is 0 Å². The minimum absolute atomic E-state index is 0.0365. The van der Waals surface area contributed by atoms with Gasteiger partial charge in [-0.3, -0.25) is 4.79 Å². The van der Waals surface area contributed by atoms with Gasteiger partial charge in [0.2, 0.25) is 0 Å². The Morgan fingerprint density at radius 3 is 2.04 bits per heavy atom. The van der Waals surface area contributed by atoms with E-state index in [2.05, 4.69) is 36.5 Å². The van der Waals surface area contributed by atoms with Crippen LogP contribution in [-0.2, 0) is 11.2 Å². The van der Waals surface area contributed by atoms with Crippen molar-refractivity contribution in [2.24, 2.45) is 0 Å². The van der Waals surface area contributed by atoms with E-state index in [0.29, 0.717) is 5.57 Å². The van der Waals surface area contributed by atoms with Crippen LogP contribution in [-0.4, -0.2) is 11.9 Å². The highest BCUT2D eigenvalue weighted by molar-refractivity contribution is 6.24. The third-order valence-corrected chi connectivity index (χ3v) is 4.53. The Morgan fingerprint density at radius 1 is 0.852 bits per heavy atom. The summed E-state index contributed by atoms with van der Waals surface area (Å²) in [5.41, 5.74) is 3.92. The summed E-state index contributed by atoms with van der Waals surface area (Å²) < 4.78 is 0. The molecular weight excluding hydrogens is 330 g/mol. The van der Waals surface area contributed by atoms with Gasteiger partial charge in [-0.15, -0.1) is 0 Å². The minimum Gasteiger partial charge on any atom is -0.350 e. The molecule has 0 heterocycles. The van der Waals surface area contributed by atoms with Crippen LogP contribution in [0, 0.1) is 0 Å². The molecule has 136 valence electrons. The molecule has 2 heteroatoms. The van der Waals surface area contributed by atoms with Crippen molar-refractivity contribution in [2.45, 2.75) is 25.8 Å². The van der Waals surface area contributed by atoms with Crippen molar-refractivity contribution < 1.29 is 4.79 Å². The second-order valence-electron chi connectivity index (χ2n) is 6.73. The molecule has 0 aromatic heterocycles. The van der Waals surface area contributed by atoms with Gasteiger partial charge in [0.1, 0.15) is 0 Å². The van der Waals surface area contributed by atoms with Crippen LogP contribution in [0.15, 0.2) is 91.0 Å². The van der Waals surface area contributed by atoms with Gasteiger partial charge in [0.25, 0.3) is 5.91 Å². The zero-order valence-corrected chi connectivity index (χ0v) is 15.6. The molecule has 3 rings (SSSR count). The summed E-state index contributed by atoms with van der Waals surface area (Å²) in [6.45, 7) is 2.06. The number of rotatable bonds is 7. The normalized spacial score (nSPS) is 12.4. The Balaban J connectivity index is 1.72. The highest BCUT2D eigenvalue weighted by atomic mass is 16.1. The number of aryl methyl sites for hydroxylation is 1. The van der Waals surface area contributed by atoms with Crippen LogP contribution in [0.1, 0.15) is 30.0 Å². The van der Waals surface area contributed by atoms with Crippen LogP contribution in [0.25, 0.3) is 11.6 Å². The molecule has 0 aliphatic carbocycles. The van der Waals surface area contributed by atoms with Crippen LogP contribution < -0.4 is 5.32 Å². The van der Waals surface area contributed by atoms with Crippen molar-refractivity contribution in [3.05, 3.63) is 108 Å². The number of hydrogen-bond donors (Lipinski definition) is 1. The summed E-state index contributed by atoms with van der Waals surface area (Å²) in [6.07, 6.45) is 3.81. The van der Waals surface area contributed by atoms with E-state index in [9.17, 15) is 4.79 Å². The molecule has 1 N–H and O–H groups in total. The molecule has 0 spiro atoms. The van der Waals surface area contributed by atoms with Crippen molar-refractivity contribution in [3.8, 4) is 0 Å². The Morgan fingerprint density at radius 2 is 1.41 bits per heavy atom. The number of carbonyl (C=O) groups is 1. The highest BCUT2D eigenvalue weighted by Gasteiger charge is 2.14. The smallest absolute Gasteiger partial charge is 0.252 e. The lowest BCUT2D eigenvalue weighted by atomic mass is 10.0. The largest absolute Gasteiger partial charge is 0.350 e. The van der Waals surface area contributed by atoms with Crippen molar-refractivity contribution >= 4 is 17.6 Å². The summed E-state index contributed by atoms with van der Waals surface area (Å²) in [6, 6.07) is 30.3. The molecule has 0 aliphatic heterocycles. The van der Waals surface area contributed by atoms with Crippen molar-refractivity contribution in [1.29, 1.82) is 0 Å². The van der Waals surface area contributed by atoms with E-state index in [1.807, 2.05) is 72.8 Å². The molecular formula is C25H25NO. The molecule has 1 atom stereocenters. The summed E-state index contributed by atoms with van der Waals surface area (Å²) in [4.78, 5) is 13.0. The molecule has 0 saturated carbocycles. The van der Waals surface area contributed by atoms with E-state index in [4.69, 9.17) is 0 Å². The Hall–Kier alpha value is -3.13. The van der Waals surface area contributed by atoms with Gasteiger partial charge in [-0.2, -0.15) is 0 Å². The van der Waals surface area contributed by atoms with E-state index in [1.165, 1.54) is 5.56 Å². The molecule has 0 bridgehead atoms. The third-order valence-electron chi connectivity index (χ3n) is 4.53. The first-order valence-corrected chi connectivity index (χ1v) is 9.39. The average Bonchev–Trinajstić information content (AvgIpc) is 2.72. The monoisotopic (exact) mass is 355 g/mol. The molecule has 0 fully saturated rings. The molecule has 3 aromatic carbocycles. The van der Waals surface area contributed by atoms with E-state index in [1.54, 1.807) is 0 Å². The molecule has 1 unspecified atom stereocenters. The van der Waals surface area contributed by atoms with Gasteiger partial charge in [-0.05, 0) is 42.5 Å². The summed E-state index contributed by atoms with van der Waals surface area (Å²) in [5, 5.41) is 3.16. The van der Waals surface area contributed by atoms with Crippen LogP contribution in [0.5, 0.6) is 0 Å². The van der Waals surface area contributed by atoms with E-state index in [0.717, 1.165) is 24.0 Å². The van der Waals surface area contributed by atoms with E-state index < -0.39 is 0 Å². The predicted octanol–water partition coefficient (Wildman–Crippen LogP) is 5.36. The topological polar surface area (TPSA) is 29.1 Å². The first-order chi connectivity index (χ1) is 13.2. The summed E-state index contributed by atoms with van der Waals surface area (Å²) >= 11 is 0. The van der Waals surface area contributed by atoms with Gasteiger partial charge >= 0.3 is 0 Å². The zero-order chi connectivity index (χ0) is 18.9. The van der Waals surface area contributed by atoms with Crippen LogP contribution in [0.2, 0.25) is 0 Å². The maximum absolute atomic E-state index is 13.0. The maximum atomic E-state index is 13.0. The first-order valence-electron chi connectivity index (χ1n) is 9.39. The number of nitrogens with one attached hydrogen (secondary N) is 1. The Bertz CT molecular complexity index is 870. The molecule has 0 saturated heterocycles. The molecule has 27 heavy (non-hydrogen) atoms. The lowest BCUT2D eigenvalue weighted by molar-refractivity contribution is -0.116. The standard InChI is InChI=1S/C25H25NO/c1-20(17-18-21-11-5-2-6-12-21)26-25(27)24(23-15-9-4-10-16-23)19-22-13-7-3-8-14-22/h2-16,19-20H,17-18H2,1H3,(H,26,27). The highest BCUT2D eigenvalue weighted by Crippen LogP contribution is 2.19. The second-order valence-corrected chi connectivity index (χ2v) is 6.73.